The second kappa shape index (κ2) is 5.80. The fourth-order valence-electron chi connectivity index (χ4n) is 1.74. The molecule has 0 aliphatic carbocycles. The molecule has 13 heavy (non-hydrogen) atoms. The van der Waals surface area contributed by atoms with Crippen molar-refractivity contribution < 1.29 is 4.79 Å². The fraction of sp³-hybridized carbons (Fsp3) is 0.889. The molecular weight excluding hydrogens is 166 g/mol. The van der Waals surface area contributed by atoms with Crippen molar-refractivity contribution in [2.75, 3.05) is 19.6 Å². The summed E-state index contributed by atoms with van der Waals surface area (Å²) in [6, 6.07) is -0.415. The minimum atomic E-state index is -0.415. The van der Waals surface area contributed by atoms with Gasteiger partial charge in [-0.2, -0.15) is 0 Å². The third-order valence-electron chi connectivity index (χ3n) is 2.50. The van der Waals surface area contributed by atoms with Gasteiger partial charge in [-0.05, 0) is 38.3 Å². The largest absolute Gasteiger partial charge is 0.352 e. The monoisotopic (exact) mass is 185 g/mol. The highest BCUT2D eigenvalue weighted by Gasteiger charge is 2.11. The molecule has 1 saturated heterocycles. The first-order valence-corrected chi connectivity index (χ1v) is 5.03. The summed E-state index contributed by atoms with van der Waals surface area (Å²) in [5.74, 6) is 0.703. The van der Waals surface area contributed by atoms with Crippen LogP contribution in [-0.4, -0.2) is 25.7 Å². The van der Waals surface area contributed by atoms with Crippen LogP contribution in [0, 0.1) is 5.92 Å². The van der Waals surface area contributed by atoms with Crippen LogP contribution >= 0.6 is 0 Å². The molecule has 1 rings (SSSR count). The van der Waals surface area contributed by atoms with Gasteiger partial charge in [-0.1, -0.05) is 6.42 Å². The molecule has 0 aromatic rings. The van der Waals surface area contributed by atoms with E-state index in [1.54, 1.807) is 0 Å². The van der Waals surface area contributed by atoms with E-state index in [9.17, 15) is 4.79 Å². The molecule has 1 heterocycles. The predicted octanol–water partition coefficient (Wildman–Crippen LogP) is 0.434. The number of carbonyl (C=O) groups is 1. The van der Waals surface area contributed by atoms with Crippen LogP contribution in [-0.2, 0) is 0 Å². The molecule has 1 fully saturated rings. The van der Waals surface area contributed by atoms with Crippen LogP contribution < -0.4 is 16.4 Å². The standard InChI is InChI=1S/C9H19N3O/c10-9(13)12-6-4-8-3-1-2-5-11-7-8/h8,11H,1-7H2,(H3,10,12,13). The molecule has 0 spiro atoms. The van der Waals surface area contributed by atoms with Crippen molar-refractivity contribution in [3.05, 3.63) is 0 Å². The third kappa shape index (κ3) is 4.72. The van der Waals surface area contributed by atoms with Crippen molar-refractivity contribution in [1.82, 2.24) is 10.6 Å². The van der Waals surface area contributed by atoms with E-state index in [4.69, 9.17) is 5.73 Å². The van der Waals surface area contributed by atoms with Crippen molar-refractivity contribution in [3.63, 3.8) is 0 Å². The fourth-order valence-corrected chi connectivity index (χ4v) is 1.74. The summed E-state index contributed by atoms with van der Waals surface area (Å²) < 4.78 is 0. The second-order valence-electron chi connectivity index (χ2n) is 3.65. The average Bonchev–Trinajstić information content (AvgIpc) is 2.32. The Kier molecular flexibility index (Phi) is 4.60. The molecule has 1 atom stereocenters. The molecule has 2 amide bonds. The highest BCUT2D eigenvalue weighted by atomic mass is 16.2. The van der Waals surface area contributed by atoms with Crippen LogP contribution in [0.3, 0.4) is 0 Å². The lowest BCUT2D eigenvalue weighted by Crippen LogP contribution is -2.32. The van der Waals surface area contributed by atoms with Crippen LogP contribution in [0.5, 0.6) is 0 Å². The number of nitrogens with one attached hydrogen (secondary N) is 2. The Morgan fingerprint density at radius 2 is 2.38 bits per heavy atom. The first-order chi connectivity index (χ1) is 6.29. The van der Waals surface area contributed by atoms with Crippen molar-refractivity contribution in [1.29, 1.82) is 0 Å². The molecule has 0 radical (unpaired) electrons. The number of urea groups is 1. The molecule has 1 aliphatic rings. The van der Waals surface area contributed by atoms with Gasteiger partial charge >= 0.3 is 6.03 Å². The van der Waals surface area contributed by atoms with Gasteiger partial charge in [-0.3, -0.25) is 0 Å². The summed E-state index contributed by atoms with van der Waals surface area (Å²) in [6.45, 7) is 2.93. The van der Waals surface area contributed by atoms with Gasteiger partial charge in [-0.15, -0.1) is 0 Å². The average molecular weight is 185 g/mol. The van der Waals surface area contributed by atoms with Crippen molar-refractivity contribution in [2.45, 2.75) is 25.7 Å². The zero-order valence-corrected chi connectivity index (χ0v) is 8.01. The Morgan fingerprint density at radius 3 is 3.15 bits per heavy atom. The molecule has 4 N–H and O–H groups in total. The summed E-state index contributed by atoms with van der Waals surface area (Å²) in [6.07, 6.45) is 4.89. The molecule has 0 bridgehead atoms. The Balaban J connectivity index is 2.08. The van der Waals surface area contributed by atoms with Crippen LogP contribution in [0.15, 0.2) is 0 Å². The second-order valence-corrected chi connectivity index (χ2v) is 3.65. The third-order valence-corrected chi connectivity index (χ3v) is 2.50. The number of amides is 2. The lowest BCUT2D eigenvalue weighted by atomic mass is 10.00. The lowest BCUT2D eigenvalue weighted by molar-refractivity contribution is 0.248. The van der Waals surface area contributed by atoms with Gasteiger partial charge in [-0.25, -0.2) is 4.79 Å². The minimum absolute atomic E-state index is 0.415. The first-order valence-electron chi connectivity index (χ1n) is 5.03. The van der Waals surface area contributed by atoms with Gasteiger partial charge in [0, 0.05) is 6.54 Å². The van der Waals surface area contributed by atoms with E-state index >= 15 is 0 Å². The topological polar surface area (TPSA) is 67.2 Å². The molecule has 4 nitrogen and oxygen atoms in total. The van der Waals surface area contributed by atoms with E-state index in [1.807, 2.05) is 0 Å². The van der Waals surface area contributed by atoms with Crippen molar-refractivity contribution >= 4 is 6.03 Å². The lowest BCUT2D eigenvalue weighted by Gasteiger charge is -2.13. The van der Waals surface area contributed by atoms with Gasteiger partial charge in [0.15, 0.2) is 0 Å². The molecule has 76 valence electrons. The molecule has 0 aromatic heterocycles. The molecule has 1 unspecified atom stereocenters. The SMILES string of the molecule is NC(=O)NCCC1CCCCNC1. The summed E-state index contributed by atoms with van der Waals surface area (Å²) >= 11 is 0. The van der Waals surface area contributed by atoms with Crippen LogP contribution in [0.4, 0.5) is 4.79 Å². The van der Waals surface area contributed by atoms with E-state index in [0.717, 1.165) is 19.5 Å². The van der Waals surface area contributed by atoms with E-state index in [1.165, 1.54) is 19.3 Å². The zero-order chi connectivity index (χ0) is 9.52. The van der Waals surface area contributed by atoms with Crippen LogP contribution in [0.25, 0.3) is 0 Å². The minimum Gasteiger partial charge on any atom is -0.352 e. The highest BCUT2D eigenvalue weighted by Crippen LogP contribution is 2.13. The van der Waals surface area contributed by atoms with Crippen LogP contribution in [0.2, 0.25) is 0 Å². The quantitative estimate of drug-likeness (QED) is 0.597. The number of nitrogens with two attached hydrogens (primary N) is 1. The van der Waals surface area contributed by atoms with E-state index in [2.05, 4.69) is 10.6 Å². The number of rotatable bonds is 3. The summed E-state index contributed by atoms with van der Waals surface area (Å²) in [7, 11) is 0. The van der Waals surface area contributed by atoms with Gasteiger partial charge in [0.05, 0.1) is 0 Å². The number of primary amides is 1. The van der Waals surface area contributed by atoms with Gasteiger partial charge in [0.2, 0.25) is 0 Å². The predicted molar refractivity (Wildman–Crippen MR) is 52.4 cm³/mol. The Morgan fingerprint density at radius 1 is 1.54 bits per heavy atom. The van der Waals surface area contributed by atoms with Crippen molar-refractivity contribution in [2.24, 2.45) is 11.7 Å². The van der Waals surface area contributed by atoms with Gasteiger partial charge < -0.3 is 16.4 Å². The molecule has 1 aliphatic heterocycles. The Bertz CT molecular complexity index is 153. The van der Waals surface area contributed by atoms with Gasteiger partial charge in [0.25, 0.3) is 0 Å². The maximum Gasteiger partial charge on any atom is 0.312 e. The Labute approximate surface area is 79.3 Å². The zero-order valence-electron chi connectivity index (χ0n) is 8.01. The van der Waals surface area contributed by atoms with Crippen LogP contribution in [0.1, 0.15) is 25.7 Å². The van der Waals surface area contributed by atoms with E-state index in [0.29, 0.717) is 12.5 Å². The van der Waals surface area contributed by atoms with Crippen molar-refractivity contribution in [3.8, 4) is 0 Å². The maximum absolute atomic E-state index is 10.4. The Hall–Kier alpha value is -0.770. The number of hydrogen-bond acceptors (Lipinski definition) is 2. The molecule has 0 aromatic carbocycles. The molecular formula is C9H19N3O. The summed E-state index contributed by atoms with van der Waals surface area (Å²) in [4.78, 5) is 10.4. The summed E-state index contributed by atoms with van der Waals surface area (Å²) in [5.41, 5.74) is 4.97. The maximum atomic E-state index is 10.4. The number of carbonyl (C=O) groups excluding carboxylic acids is 1. The molecule has 0 saturated carbocycles. The van der Waals surface area contributed by atoms with E-state index < -0.39 is 6.03 Å². The molecule has 4 heteroatoms. The smallest absolute Gasteiger partial charge is 0.312 e. The highest BCUT2D eigenvalue weighted by molar-refractivity contribution is 5.71. The summed E-state index contributed by atoms with van der Waals surface area (Å²) in [5, 5.41) is 6.02. The number of hydrogen-bond donors (Lipinski definition) is 3. The normalized spacial score (nSPS) is 23.5. The van der Waals surface area contributed by atoms with Gasteiger partial charge in [0.1, 0.15) is 0 Å². The first kappa shape index (κ1) is 10.3. The van der Waals surface area contributed by atoms with E-state index in [-0.39, 0.29) is 0 Å².